The molecule has 0 saturated heterocycles. The maximum Gasteiger partial charge on any atom is 0.303 e. The number of benzene rings is 2. The second kappa shape index (κ2) is 8.44. The molecule has 2 aromatic carbocycles. The van der Waals surface area contributed by atoms with Crippen LogP contribution in [0.5, 0.6) is 0 Å². The van der Waals surface area contributed by atoms with Crippen LogP contribution in [-0.4, -0.2) is 42.4 Å². The Morgan fingerprint density at radius 2 is 1.76 bits per heavy atom. The van der Waals surface area contributed by atoms with Gasteiger partial charge in [-0.3, -0.25) is 14.3 Å². The predicted molar refractivity (Wildman–Crippen MR) is 109 cm³/mol. The first-order valence-electron chi connectivity index (χ1n) is 8.98. The van der Waals surface area contributed by atoms with Crippen LogP contribution in [0.3, 0.4) is 0 Å². The summed E-state index contributed by atoms with van der Waals surface area (Å²) >= 11 is 0. The summed E-state index contributed by atoms with van der Waals surface area (Å²) in [4.78, 5) is 23.5. The topological polar surface area (TPSA) is 116 Å². The summed E-state index contributed by atoms with van der Waals surface area (Å²) in [6, 6.07) is 15.8. The predicted octanol–water partition coefficient (Wildman–Crippen LogP) is 2.60. The minimum absolute atomic E-state index is 0.168. The van der Waals surface area contributed by atoms with E-state index in [1.807, 2.05) is 30.3 Å². The summed E-state index contributed by atoms with van der Waals surface area (Å²) in [6.45, 7) is 0. The first-order chi connectivity index (χ1) is 13.7. The number of sulfonamides is 1. The molecule has 1 atom stereocenters. The van der Waals surface area contributed by atoms with Gasteiger partial charge in [-0.15, -0.1) is 0 Å². The molecular formula is C20H21N3O5S. The number of rotatable bonds is 7. The van der Waals surface area contributed by atoms with Crippen molar-refractivity contribution in [3.63, 3.8) is 0 Å². The molecule has 0 radical (unpaired) electrons. The number of aliphatic carboxylic acids is 1. The number of para-hydroxylation sites is 1. The lowest BCUT2D eigenvalue weighted by Crippen LogP contribution is -2.27. The summed E-state index contributed by atoms with van der Waals surface area (Å²) in [6.07, 6.45) is 0.993. The van der Waals surface area contributed by atoms with Crippen LogP contribution in [0.25, 0.3) is 0 Å². The monoisotopic (exact) mass is 415 g/mol. The van der Waals surface area contributed by atoms with Gasteiger partial charge in [0.05, 0.1) is 30.1 Å². The Bertz CT molecular complexity index is 1050. The van der Waals surface area contributed by atoms with Gasteiger partial charge in [0.1, 0.15) is 0 Å². The molecule has 1 unspecified atom stereocenters. The standard InChI is InChI=1S/C20H21N3O5S/c1-29(27,28)22-16-10-6-5-9-15(16)17-13-18(14-7-3-2-4-8-14)23(21-17)19(24)11-12-20(25)26/h2-10,18,22H,11-13H2,1H3,(H,25,26). The zero-order valence-electron chi connectivity index (χ0n) is 15.8. The number of carbonyl (C=O) groups is 2. The molecular weight excluding hydrogens is 394 g/mol. The van der Waals surface area contributed by atoms with Gasteiger partial charge in [0.2, 0.25) is 15.9 Å². The lowest BCUT2D eigenvalue weighted by atomic mass is 9.97. The number of hydrogen-bond acceptors (Lipinski definition) is 5. The molecule has 9 heteroatoms. The molecule has 1 heterocycles. The van der Waals surface area contributed by atoms with Gasteiger partial charge < -0.3 is 5.11 Å². The molecule has 2 N–H and O–H groups in total. The summed E-state index contributed by atoms with van der Waals surface area (Å²) in [5, 5.41) is 14.7. The number of carboxylic acids is 1. The number of carbonyl (C=O) groups excluding carboxylic acids is 1. The van der Waals surface area contributed by atoms with Gasteiger partial charge in [-0.25, -0.2) is 13.4 Å². The molecule has 3 rings (SSSR count). The van der Waals surface area contributed by atoms with Gasteiger partial charge in [0.15, 0.2) is 0 Å². The van der Waals surface area contributed by atoms with Gasteiger partial charge in [0.25, 0.3) is 0 Å². The van der Waals surface area contributed by atoms with Crippen LogP contribution in [-0.2, 0) is 19.6 Å². The maximum atomic E-state index is 12.7. The second-order valence-electron chi connectivity index (χ2n) is 6.73. The Hall–Kier alpha value is -3.20. The first-order valence-corrected chi connectivity index (χ1v) is 10.9. The zero-order valence-corrected chi connectivity index (χ0v) is 16.6. The number of nitrogens with one attached hydrogen (secondary N) is 1. The van der Waals surface area contributed by atoms with Gasteiger partial charge in [-0.05, 0) is 11.6 Å². The third-order valence-electron chi connectivity index (χ3n) is 4.44. The Morgan fingerprint density at radius 1 is 1.10 bits per heavy atom. The van der Waals surface area contributed by atoms with E-state index in [0.717, 1.165) is 11.8 Å². The molecule has 0 bridgehead atoms. The first kappa shape index (κ1) is 20.5. The molecule has 0 aliphatic carbocycles. The minimum Gasteiger partial charge on any atom is -0.481 e. The van der Waals surface area contributed by atoms with E-state index >= 15 is 0 Å². The Morgan fingerprint density at radius 3 is 2.41 bits per heavy atom. The second-order valence-corrected chi connectivity index (χ2v) is 8.48. The Balaban J connectivity index is 1.97. The largest absolute Gasteiger partial charge is 0.481 e. The molecule has 1 aliphatic rings. The van der Waals surface area contributed by atoms with Crippen molar-refractivity contribution in [2.24, 2.45) is 5.10 Å². The summed E-state index contributed by atoms with van der Waals surface area (Å²) in [5.74, 6) is -1.45. The fourth-order valence-corrected chi connectivity index (χ4v) is 3.77. The lowest BCUT2D eigenvalue weighted by Gasteiger charge is -2.21. The van der Waals surface area contributed by atoms with Gasteiger partial charge in [0, 0.05) is 18.4 Å². The highest BCUT2D eigenvalue weighted by Crippen LogP contribution is 2.35. The average molecular weight is 415 g/mol. The zero-order chi connectivity index (χ0) is 21.0. The molecule has 0 spiro atoms. The van der Waals surface area contributed by atoms with E-state index in [-0.39, 0.29) is 12.8 Å². The fraction of sp³-hybridized carbons (Fsp3) is 0.250. The van der Waals surface area contributed by atoms with E-state index in [9.17, 15) is 18.0 Å². The molecule has 29 heavy (non-hydrogen) atoms. The number of anilines is 1. The highest BCUT2D eigenvalue weighted by atomic mass is 32.2. The van der Waals surface area contributed by atoms with E-state index in [0.29, 0.717) is 23.4 Å². The highest BCUT2D eigenvalue weighted by Gasteiger charge is 2.33. The molecule has 1 aliphatic heterocycles. The molecule has 2 aromatic rings. The number of hydrogen-bond donors (Lipinski definition) is 2. The van der Waals surface area contributed by atoms with Crippen LogP contribution < -0.4 is 4.72 Å². The van der Waals surface area contributed by atoms with Gasteiger partial charge in [-0.1, -0.05) is 48.5 Å². The van der Waals surface area contributed by atoms with Crippen LogP contribution in [0.15, 0.2) is 59.7 Å². The molecule has 152 valence electrons. The lowest BCUT2D eigenvalue weighted by molar-refractivity contribution is -0.141. The Kier molecular flexibility index (Phi) is 5.97. The van der Waals surface area contributed by atoms with Crippen LogP contribution in [0.4, 0.5) is 5.69 Å². The van der Waals surface area contributed by atoms with Crippen molar-refractivity contribution < 1.29 is 23.1 Å². The van der Waals surface area contributed by atoms with Crippen molar-refractivity contribution in [2.75, 3.05) is 11.0 Å². The number of nitrogens with zero attached hydrogens (tertiary/aromatic N) is 2. The van der Waals surface area contributed by atoms with Crippen molar-refractivity contribution in [3.05, 3.63) is 65.7 Å². The summed E-state index contributed by atoms with van der Waals surface area (Å²) < 4.78 is 25.9. The maximum absolute atomic E-state index is 12.7. The van der Waals surface area contributed by atoms with E-state index in [1.165, 1.54) is 5.01 Å². The average Bonchev–Trinajstić information content (AvgIpc) is 3.11. The smallest absolute Gasteiger partial charge is 0.303 e. The van der Waals surface area contributed by atoms with E-state index in [1.54, 1.807) is 24.3 Å². The number of carboxylic acid groups (broad SMARTS) is 1. The van der Waals surface area contributed by atoms with Crippen LogP contribution in [0, 0.1) is 0 Å². The summed E-state index contributed by atoms with van der Waals surface area (Å²) in [7, 11) is -3.49. The van der Waals surface area contributed by atoms with E-state index in [2.05, 4.69) is 9.82 Å². The van der Waals surface area contributed by atoms with Gasteiger partial charge >= 0.3 is 5.97 Å². The van der Waals surface area contributed by atoms with Crippen LogP contribution in [0.1, 0.15) is 36.4 Å². The highest BCUT2D eigenvalue weighted by molar-refractivity contribution is 7.92. The molecule has 0 fully saturated rings. The number of hydrazone groups is 1. The minimum atomic E-state index is -3.49. The molecule has 0 aromatic heterocycles. The fourth-order valence-electron chi connectivity index (χ4n) is 3.19. The number of amides is 1. The Labute approximate surface area is 168 Å². The molecule has 0 saturated carbocycles. The normalized spacial score (nSPS) is 16.4. The van der Waals surface area contributed by atoms with Crippen molar-refractivity contribution in [1.29, 1.82) is 0 Å². The van der Waals surface area contributed by atoms with Crippen LogP contribution >= 0.6 is 0 Å². The van der Waals surface area contributed by atoms with Crippen molar-refractivity contribution >= 4 is 33.3 Å². The molecule has 8 nitrogen and oxygen atoms in total. The van der Waals surface area contributed by atoms with Gasteiger partial charge in [-0.2, -0.15) is 5.10 Å². The SMILES string of the molecule is CS(=O)(=O)Nc1ccccc1C1=NN(C(=O)CCC(=O)O)C(c2ccccc2)C1. The molecule has 1 amide bonds. The van der Waals surface area contributed by atoms with E-state index in [4.69, 9.17) is 5.11 Å². The van der Waals surface area contributed by atoms with Crippen molar-refractivity contribution in [1.82, 2.24) is 5.01 Å². The third-order valence-corrected chi connectivity index (χ3v) is 5.03. The third kappa shape index (κ3) is 5.20. The van der Waals surface area contributed by atoms with Crippen molar-refractivity contribution in [3.8, 4) is 0 Å². The van der Waals surface area contributed by atoms with E-state index < -0.39 is 27.9 Å². The quantitative estimate of drug-likeness (QED) is 0.721. The van der Waals surface area contributed by atoms with Crippen molar-refractivity contribution in [2.45, 2.75) is 25.3 Å². The van der Waals surface area contributed by atoms with Crippen LogP contribution in [0.2, 0.25) is 0 Å². The summed E-state index contributed by atoms with van der Waals surface area (Å²) in [5.41, 5.74) is 2.37.